The van der Waals surface area contributed by atoms with Crippen LogP contribution >= 0.6 is 11.8 Å². The lowest BCUT2D eigenvalue weighted by molar-refractivity contribution is 0.0510. The molecule has 5 heteroatoms. The van der Waals surface area contributed by atoms with Crippen molar-refractivity contribution < 1.29 is 9.53 Å². The van der Waals surface area contributed by atoms with Gasteiger partial charge in [-0.2, -0.15) is 11.8 Å². The van der Waals surface area contributed by atoms with Gasteiger partial charge in [0.1, 0.15) is 5.60 Å². The average Bonchev–Trinajstić information content (AvgIpc) is 2.46. The van der Waals surface area contributed by atoms with Crippen molar-refractivity contribution in [3.8, 4) is 0 Å². The molecular weight excluding hydrogens is 296 g/mol. The number of carbonyl (C=O) groups excluding carboxylic acids is 1. The molecule has 3 atom stereocenters. The van der Waals surface area contributed by atoms with Crippen LogP contribution < -0.4 is 10.6 Å². The predicted octanol–water partition coefficient (Wildman–Crippen LogP) is 3.56. The lowest BCUT2D eigenvalue weighted by Crippen LogP contribution is -2.49. The van der Waals surface area contributed by atoms with Crippen LogP contribution in [0.5, 0.6) is 0 Å². The third-order valence-electron chi connectivity index (χ3n) is 4.43. The van der Waals surface area contributed by atoms with Gasteiger partial charge in [-0.1, -0.05) is 12.8 Å². The van der Waals surface area contributed by atoms with Gasteiger partial charge in [-0.3, -0.25) is 0 Å². The zero-order valence-corrected chi connectivity index (χ0v) is 15.1. The molecule has 1 saturated carbocycles. The summed E-state index contributed by atoms with van der Waals surface area (Å²) in [5.74, 6) is 3.09. The van der Waals surface area contributed by atoms with E-state index >= 15 is 0 Å². The molecule has 1 aliphatic heterocycles. The van der Waals surface area contributed by atoms with Gasteiger partial charge in [-0.15, -0.1) is 0 Å². The van der Waals surface area contributed by atoms with E-state index in [1.807, 2.05) is 20.8 Å². The van der Waals surface area contributed by atoms with E-state index < -0.39 is 5.60 Å². The molecule has 1 saturated heterocycles. The van der Waals surface area contributed by atoms with Gasteiger partial charge in [0.15, 0.2) is 0 Å². The summed E-state index contributed by atoms with van der Waals surface area (Å²) in [5, 5.41) is 6.84. The van der Waals surface area contributed by atoms with Gasteiger partial charge in [0.25, 0.3) is 0 Å². The van der Waals surface area contributed by atoms with Crippen molar-refractivity contribution in [2.75, 3.05) is 18.1 Å². The van der Waals surface area contributed by atoms with E-state index in [-0.39, 0.29) is 6.09 Å². The van der Waals surface area contributed by atoms with Gasteiger partial charge in [-0.25, -0.2) is 4.79 Å². The molecule has 1 amide bonds. The molecule has 2 rings (SSSR count). The van der Waals surface area contributed by atoms with E-state index in [1.165, 1.54) is 50.0 Å². The summed E-state index contributed by atoms with van der Waals surface area (Å²) in [6.45, 7) is 6.43. The third kappa shape index (κ3) is 6.37. The molecular formula is C17H32N2O2S. The van der Waals surface area contributed by atoms with Gasteiger partial charge in [0.2, 0.25) is 0 Å². The van der Waals surface area contributed by atoms with Crippen molar-refractivity contribution in [3.05, 3.63) is 0 Å². The number of hydrogen-bond donors (Lipinski definition) is 2. The maximum absolute atomic E-state index is 11.8. The van der Waals surface area contributed by atoms with E-state index in [0.717, 1.165) is 6.54 Å². The van der Waals surface area contributed by atoms with Crippen LogP contribution in [0.15, 0.2) is 0 Å². The van der Waals surface area contributed by atoms with Crippen LogP contribution in [0.3, 0.4) is 0 Å². The maximum Gasteiger partial charge on any atom is 0.407 e. The van der Waals surface area contributed by atoms with Crippen LogP contribution in [0.25, 0.3) is 0 Å². The summed E-state index contributed by atoms with van der Waals surface area (Å²) in [6.07, 6.45) is 7.37. The molecule has 1 heterocycles. The summed E-state index contributed by atoms with van der Waals surface area (Å²) in [5.41, 5.74) is -0.423. The minimum Gasteiger partial charge on any atom is -0.444 e. The zero-order chi connectivity index (χ0) is 16.0. The Balaban J connectivity index is 1.77. The molecule has 2 aliphatic rings. The van der Waals surface area contributed by atoms with Crippen molar-refractivity contribution in [1.82, 2.24) is 10.6 Å². The van der Waals surface area contributed by atoms with E-state index in [4.69, 9.17) is 4.74 Å². The van der Waals surface area contributed by atoms with Crippen LogP contribution in [0.2, 0.25) is 0 Å². The van der Waals surface area contributed by atoms with Crippen LogP contribution in [0.1, 0.15) is 59.3 Å². The molecule has 0 aromatic rings. The van der Waals surface area contributed by atoms with Crippen LogP contribution in [0, 0.1) is 5.92 Å². The molecule has 128 valence electrons. The number of carbonyl (C=O) groups is 1. The molecule has 2 fully saturated rings. The smallest absolute Gasteiger partial charge is 0.407 e. The second kappa shape index (κ2) is 8.44. The first-order valence-electron chi connectivity index (χ1n) is 8.75. The Hall–Kier alpha value is -0.420. The van der Waals surface area contributed by atoms with E-state index in [9.17, 15) is 4.79 Å². The van der Waals surface area contributed by atoms with Gasteiger partial charge in [-0.05, 0) is 58.1 Å². The molecule has 0 aromatic heterocycles. The second-order valence-electron chi connectivity index (χ2n) is 7.61. The quantitative estimate of drug-likeness (QED) is 0.828. The Kier molecular flexibility index (Phi) is 6.87. The Labute approximate surface area is 139 Å². The lowest BCUT2D eigenvalue weighted by Gasteiger charge is -2.36. The van der Waals surface area contributed by atoms with Crippen LogP contribution in [-0.2, 0) is 4.74 Å². The lowest BCUT2D eigenvalue weighted by atomic mass is 9.84. The first-order chi connectivity index (χ1) is 10.4. The van der Waals surface area contributed by atoms with Crippen molar-refractivity contribution in [1.29, 1.82) is 0 Å². The van der Waals surface area contributed by atoms with Crippen molar-refractivity contribution in [2.24, 2.45) is 5.92 Å². The Morgan fingerprint density at radius 1 is 1.18 bits per heavy atom. The highest BCUT2D eigenvalue weighted by Crippen LogP contribution is 2.26. The summed E-state index contributed by atoms with van der Waals surface area (Å²) >= 11 is 2.07. The van der Waals surface area contributed by atoms with Gasteiger partial charge in [0, 0.05) is 24.4 Å². The van der Waals surface area contributed by atoms with Crippen molar-refractivity contribution in [3.63, 3.8) is 0 Å². The topological polar surface area (TPSA) is 50.4 Å². The molecule has 3 unspecified atom stereocenters. The molecule has 4 nitrogen and oxygen atoms in total. The Bertz CT molecular complexity index is 351. The number of amides is 1. The highest BCUT2D eigenvalue weighted by atomic mass is 32.2. The first-order valence-corrected chi connectivity index (χ1v) is 9.90. The summed E-state index contributed by atoms with van der Waals surface area (Å²) in [6, 6.07) is 1.21. The van der Waals surface area contributed by atoms with E-state index in [0.29, 0.717) is 18.0 Å². The second-order valence-corrected chi connectivity index (χ2v) is 8.76. The monoisotopic (exact) mass is 328 g/mol. The fraction of sp³-hybridized carbons (Fsp3) is 0.941. The summed E-state index contributed by atoms with van der Waals surface area (Å²) in [7, 11) is 0. The highest BCUT2D eigenvalue weighted by molar-refractivity contribution is 7.99. The number of ether oxygens (including phenoxy) is 1. The highest BCUT2D eigenvalue weighted by Gasteiger charge is 2.28. The third-order valence-corrected chi connectivity index (χ3v) is 5.64. The normalized spacial score (nSPS) is 29.9. The summed E-state index contributed by atoms with van der Waals surface area (Å²) in [4.78, 5) is 11.8. The van der Waals surface area contributed by atoms with Crippen molar-refractivity contribution >= 4 is 17.9 Å². The average molecular weight is 329 g/mol. The number of rotatable bonds is 4. The van der Waals surface area contributed by atoms with E-state index in [1.54, 1.807) is 0 Å². The molecule has 0 radical (unpaired) electrons. The molecule has 1 aliphatic carbocycles. The number of nitrogens with one attached hydrogen (secondary N) is 2. The molecule has 0 aromatic carbocycles. The summed E-state index contributed by atoms with van der Waals surface area (Å²) < 4.78 is 5.34. The fourth-order valence-electron chi connectivity index (χ4n) is 3.37. The van der Waals surface area contributed by atoms with Crippen LogP contribution in [0.4, 0.5) is 4.79 Å². The van der Waals surface area contributed by atoms with Gasteiger partial charge < -0.3 is 15.4 Å². The minimum atomic E-state index is -0.423. The van der Waals surface area contributed by atoms with Crippen molar-refractivity contribution in [2.45, 2.75) is 77.0 Å². The van der Waals surface area contributed by atoms with Gasteiger partial charge in [0.05, 0.1) is 0 Å². The number of thioether (sulfide) groups is 1. The molecule has 0 bridgehead atoms. The van der Waals surface area contributed by atoms with E-state index in [2.05, 4.69) is 22.4 Å². The Morgan fingerprint density at radius 3 is 2.64 bits per heavy atom. The fourth-order valence-corrected chi connectivity index (χ4v) is 4.46. The zero-order valence-electron chi connectivity index (χ0n) is 14.3. The maximum atomic E-state index is 11.8. The van der Waals surface area contributed by atoms with Crippen LogP contribution in [-0.4, -0.2) is 41.8 Å². The molecule has 0 spiro atoms. The van der Waals surface area contributed by atoms with Gasteiger partial charge >= 0.3 is 6.09 Å². The molecule has 22 heavy (non-hydrogen) atoms. The SMILES string of the molecule is CC(C)(C)OC(=O)NCC1CCCCC1NC1CCCSC1. The predicted molar refractivity (Wildman–Crippen MR) is 93.5 cm³/mol. The minimum absolute atomic E-state index is 0.287. The largest absolute Gasteiger partial charge is 0.444 e. The molecule has 2 N–H and O–H groups in total. The standard InChI is InChI=1S/C17H32N2O2S/c1-17(2,3)21-16(20)18-11-13-7-4-5-9-15(13)19-14-8-6-10-22-12-14/h13-15,19H,4-12H2,1-3H3,(H,18,20). The number of alkyl carbamates (subject to hydrolysis) is 1. The number of hydrogen-bond acceptors (Lipinski definition) is 4. The Morgan fingerprint density at radius 2 is 1.95 bits per heavy atom. The first kappa shape index (κ1) is 17.9.